The van der Waals surface area contributed by atoms with E-state index in [0.29, 0.717) is 5.02 Å². The average Bonchev–Trinajstić information content (AvgIpc) is 2.68. The highest BCUT2D eigenvalue weighted by Crippen LogP contribution is 2.14. The number of nitrogens with one attached hydrogen (secondary N) is 1. The van der Waals surface area contributed by atoms with Gasteiger partial charge >= 0.3 is 0 Å². The summed E-state index contributed by atoms with van der Waals surface area (Å²) >= 11 is 11.9. The fourth-order valence-corrected chi connectivity index (χ4v) is 2.44. The molecule has 2 aromatic carbocycles. The van der Waals surface area contributed by atoms with Crippen LogP contribution in [0.4, 0.5) is 0 Å². The number of fused-ring (bicyclic) bond motifs is 1. The summed E-state index contributed by atoms with van der Waals surface area (Å²) in [5.74, 6) is 0. The Labute approximate surface area is 120 Å². The van der Waals surface area contributed by atoms with Gasteiger partial charge in [-0.05, 0) is 35.9 Å². The maximum Gasteiger partial charge on any atom is 0.0479 e. The summed E-state index contributed by atoms with van der Waals surface area (Å²) in [6.45, 7) is 4.05. The molecular weight excluding hydrogens is 277 g/mol. The highest BCUT2D eigenvalue weighted by molar-refractivity contribution is 6.31. The number of hydrogen-bond acceptors (Lipinski definition) is 0. The van der Waals surface area contributed by atoms with Gasteiger partial charge in [-0.1, -0.05) is 48.0 Å². The van der Waals surface area contributed by atoms with E-state index in [1.54, 1.807) is 0 Å². The van der Waals surface area contributed by atoms with Crippen LogP contribution < -0.4 is 10.6 Å². The topological polar surface area (TPSA) is 15.8 Å². The Hall–Kier alpha value is -1.70. The van der Waals surface area contributed by atoms with Gasteiger partial charge in [0.1, 0.15) is 0 Å². The minimum Gasteiger partial charge on any atom is -0.355 e. The predicted octanol–water partition coefficient (Wildman–Crippen LogP) is 3.71. The number of aromatic amines is 1. The summed E-state index contributed by atoms with van der Waals surface area (Å²) in [7, 11) is 0. The molecule has 0 aliphatic carbocycles. The first-order valence-corrected chi connectivity index (χ1v) is 6.62. The molecule has 0 aliphatic heterocycles. The lowest BCUT2D eigenvalue weighted by molar-refractivity contribution is 1.37. The van der Waals surface area contributed by atoms with Crippen LogP contribution in [0.3, 0.4) is 0 Å². The smallest absolute Gasteiger partial charge is 0.0479 e. The standard InChI is InChI=1S/C16H11Cl2N/c1-10-15(8-11-2-4-12(17)5-3-11)14-7-6-13(18)9-16(14)19-10/h2-9,19H,1H2. The molecule has 0 atom stereocenters. The molecule has 3 heteroatoms. The molecule has 0 saturated heterocycles. The Morgan fingerprint density at radius 2 is 1.63 bits per heavy atom. The van der Waals surface area contributed by atoms with Gasteiger partial charge in [0.05, 0.1) is 0 Å². The van der Waals surface area contributed by atoms with Crippen molar-refractivity contribution in [3.05, 3.63) is 68.6 Å². The zero-order valence-electron chi connectivity index (χ0n) is 10.1. The molecule has 0 fully saturated rings. The molecule has 19 heavy (non-hydrogen) atoms. The Bertz CT molecular complexity index is 845. The lowest BCUT2D eigenvalue weighted by Crippen LogP contribution is -2.20. The van der Waals surface area contributed by atoms with Gasteiger partial charge in [-0.2, -0.15) is 0 Å². The fraction of sp³-hybridized carbons (Fsp3) is 0. The van der Waals surface area contributed by atoms with Crippen molar-refractivity contribution in [2.45, 2.75) is 0 Å². The van der Waals surface area contributed by atoms with Crippen molar-refractivity contribution in [1.82, 2.24) is 4.98 Å². The Morgan fingerprint density at radius 3 is 2.37 bits per heavy atom. The highest BCUT2D eigenvalue weighted by atomic mass is 35.5. The lowest BCUT2D eigenvalue weighted by Gasteiger charge is -1.94. The predicted molar refractivity (Wildman–Crippen MR) is 83.1 cm³/mol. The molecule has 0 radical (unpaired) electrons. The summed E-state index contributed by atoms with van der Waals surface area (Å²) < 4.78 is 0. The van der Waals surface area contributed by atoms with Gasteiger partial charge in [0.25, 0.3) is 0 Å². The number of hydrogen-bond donors (Lipinski definition) is 1. The number of H-pyrrole nitrogens is 1. The van der Waals surface area contributed by atoms with Gasteiger partial charge < -0.3 is 4.98 Å². The van der Waals surface area contributed by atoms with Gasteiger partial charge in [-0.15, -0.1) is 0 Å². The van der Waals surface area contributed by atoms with Crippen LogP contribution in [0.15, 0.2) is 42.5 Å². The quantitative estimate of drug-likeness (QED) is 0.702. The molecule has 1 N–H and O–H groups in total. The monoisotopic (exact) mass is 287 g/mol. The van der Waals surface area contributed by atoms with Crippen molar-refractivity contribution in [1.29, 1.82) is 0 Å². The number of benzene rings is 2. The SMILES string of the molecule is C=c1[nH]c2cc(Cl)ccc2c1=Cc1ccc(Cl)cc1. The summed E-state index contributed by atoms with van der Waals surface area (Å²) in [6, 6.07) is 13.5. The third-order valence-electron chi connectivity index (χ3n) is 3.06. The first kappa shape index (κ1) is 12.3. The van der Waals surface area contributed by atoms with E-state index in [2.05, 4.69) is 17.6 Å². The van der Waals surface area contributed by atoms with Crippen molar-refractivity contribution in [2.75, 3.05) is 0 Å². The molecular formula is C16H11Cl2N. The van der Waals surface area contributed by atoms with E-state index < -0.39 is 0 Å². The molecule has 3 aromatic rings. The van der Waals surface area contributed by atoms with Crippen LogP contribution in [-0.4, -0.2) is 4.98 Å². The second-order valence-electron chi connectivity index (χ2n) is 4.40. The zero-order valence-corrected chi connectivity index (χ0v) is 11.6. The van der Waals surface area contributed by atoms with E-state index in [1.165, 1.54) is 0 Å². The molecule has 94 valence electrons. The van der Waals surface area contributed by atoms with Crippen molar-refractivity contribution < 1.29 is 0 Å². The second kappa shape index (κ2) is 4.76. The second-order valence-corrected chi connectivity index (χ2v) is 5.28. The van der Waals surface area contributed by atoms with Crippen LogP contribution in [0.25, 0.3) is 23.6 Å². The Morgan fingerprint density at radius 1 is 0.947 bits per heavy atom. The van der Waals surface area contributed by atoms with Gasteiger partial charge in [0, 0.05) is 31.5 Å². The number of rotatable bonds is 1. The van der Waals surface area contributed by atoms with E-state index in [0.717, 1.165) is 32.1 Å². The fourth-order valence-electron chi connectivity index (χ4n) is 2.14. The van der Waals surface area contributed by atoms with Crippen LogP contribution in [0, 0.1) is 0 Å². The van der Waals surface area contributed by atoms with Gasteiger partial charge in [0.15, 0.2) is 0 Å². The van der Waals surface area contributed by atoms with E-state index in [9.17, 15) is 0 Å². The summed E-state index contributed by atoms with van der Waals surface area (Å²) in [4.78, 5) is 3.25. The summed E-state index contributed by atoms with van der Waals surface area (Å²) in [6.07, 6.45) is 2.09. The highest BCUT2D eigenvalue weighted by Gasteiger charge is 2.00. The molecule has 1 heterocycles. The van der Waals surface area contributed by atoms with E-state index >= 15 is 0 Å². The van der Waals surface area contributed by atoms with Crippen molar-refractivity contribution in [2.24, 2.45) is 0 Å². The molecule has 0 bridgehead atoms. The van der Waals surface area contributed by atoms with Gasteiger partial charge in [0.2, 0.25) is 0 Å². The molecule has 0 amide bonds. The van der Waals surface area contributed by atoms with Crippen molar-refractivity contribution in [3.8, 4) is 0 Å². The molecule has 0 saturated carbocycles. The number of halogens is 2. The van der Waals surface area contributed by atoms with Gasteiger partial charge in [-0.3, -0.25) is 0 Å². The Balaban J connectivity index is 2.27. The average molecular weight is 288 g/mol. The summed E-state index contributed by atoms with van der Waals surface area (Å²) in [5, 5.41) is 4.52. The maximum absolute atomic E-state index is 5.99. The first-order chi connectivity index (χ1) is 9.13. The Kier molecular flexibility index (Phi) is 3.09. The first-order valence-electron chi connectivity index (χ1n) is 5.87. The largest absolute Gasteiger partial charge is 0.355 e. The van der Waals surface area contributed by atoms with Gasteiger partial charge in [-0.25, -0.2) is 0 Å². The van der Waals surface area contributed by atoms with Crippen molar-refractivity contribution in [3.63, 3.8) is 0 Å². The van der Waals surface area contributed by atoms with E-state index in [-0.39, 0.29) is 0 Å². The molecule has 1 aromatic heterocycles. The third kappa shape index (κ3) is 2.40. The lowest BCUT2D eigenvalue weighted by atomic mass is 10.1. The van der Waals surface area contributed by atoms with Crippen molar-refractivity contribution >= 4 is 46.8 Å². The third-order valence-corrected chi connectivity index (χ3v) is 3.55. The molecule has 0 unspecified atom stereocenters. The van der Waals surface area contributed by atoms with Crippen LogP contribution >= 0.6 is 23.2 Å². The number of aromatic nitrogens is 1. The molecule has 0 spiro atoms. The molecule has 1 nitrogen and oxygen atoms in total. The maximum atomic E-state index is 5.99. The zero-order chi connectivity index (χ0) is 13.4. The van der Waals surface area contributed by atoms with Crippen LogP contribution in [0.1, 0.15) is 5.56 Å². The minimum absolute atomic E-state index is 0.715. The minimum atomic E-state index is 0.715. The molecule has 0 aliphatic rings. The van der Waals surface area contributed by atoms with E-state index in [1.807, 2.05) is 42.5 Å². The summed E-state index contributed by atoms with van der Waals surface area (Å²) in [5.41, 5.74) is 2.09. The molecule has 3 rings (SSSR count). The van der Waals surface area contributed by atoms with Crippen LogP contribution in [0.2, 0.25) is 10.0 Å². The van der Waals surface area contributed by atoms with Crippen LogP contribution in [-0.2, 0) is 0 Å². The van der Waals surface area contributed by atoms with Crippen LogP contribution in [0.5, 0.6) is 0 Å². The van der Waals surface area contributed by atoms with E-state index in [4.69, 9.17) is 23.2 Å². The normalized spacial score (nSPS) is 12.2.